The van der Waals surface area contributed by atoms with Crippen molar-refractivity contribution >= 4 is 0 Å². The van der Waals surface area contributed by atoms with Crippen LogP contribution in [0.25, 0.3) is 0 Å². The first-order chi connectivity index (χ1) is 6.88. The van der Waals surface area contributed by atoms with E-state index < -0.39 is 0 Å². The molecule has 14 heavy (non-hydrogen) atoms. The highest BCUT2D eigenvalue weighted by Gasteiger charge is 2.21. The van der Waals surface area contributed by atoms with Gasteiger partial charge in [-0.3, -0.25) is 0 Å². The van der Waals surface area contributed by atoms with Crippen molar-refractivity contribution in [3.8, 4) is 0 Å². The van der Waals surface area contributed by atoms with Gasteiger partial charge in [0.15, 0.2) is 0 Å². The Labute approximate surface area is 90.5 Å². The van der Waals surface area contributed by atoms with Crippen molar-refractivity contribution < 1.29 is 0 Å². The van der Waals surface area contributed by atoms with E-state index in [1.54, 1.807) is 0 Å². The van der Waals surface area contributed by atoms with E-state index in [0.717, 1.165) is 18.3 Å². The lowest BCUT2D eigenvalue weighted by atomic mass is 9.77. The van der Waals surface area contributed by atoms with Crippen LogP contribution in [0.4, 0.5) is 0 Å². The Morgan fingerprint density at radius 3 is 2.57 bits per heavy atom. The van der Waals surface area contributed by atoms with E-state index in [1.165, 1.54) is 51.4 Å². The van der Waals surface area contributed by atoms with Gasteiger partial charge in [-0.25, -0.2) is 0 Å². The Morgan fingerprint density at radius 1 is 1.29 bits per heavy atom. The number of rotatable bonds is 6. The first-order valence-electron chi connectivity index (χ1n) is 6.51. The Bertz CT molecular complexity index is 122. The Kier molecular flexibility index (Phi) is 6.31. The lowest BCUT2D eigenvalue weighted by Gasteiger charge is -2.29. The van der Waals surface area contributed by atoms with Crippen molar-refractivity contribution in [3.63, 3.8) is 0 Å². The highest BCUT2D eigenvalue weighted by molar-refractivity contribution is 4.83. The van der Waals surface area contributed by atoms with Gasteiger partial charge in [0.1, 0.15) is 0 Å². The molecule has 0 bridgehead atoms. The van der Waals surface area contributed by atoms with E-state index in [1.807, 2.05) is 0 Å². The van der Waals surface area contributed by atoms with Crippen molar-refractivity contribution in [2.24, 2.45) is 11.8 Å². The molecule has 0 amide bonds. The third-order valence-corrected chi connectivity index (χ3v) is 3.65. The van der Waals surface area contributed by atoms with Crippen LogP contribution in [0.15, 0.2) is 0 Å². The van der Waals surface area contributed by atoms with E-state index in [4.69, 9.17) is 0 Å². The molecule has 1 rings (SSSR count). The zero-order valence-corrected chi connectivity index (χ0v) is 9.80. The molecule has 0 N–H and O–H groups in total. The lowest BCUT2D eigenvalue weighted by molar-refractivity contribution is 0.263. The summed E-state index contributed by atoms with van der Waals surface area (Å²) in [5.41, 5.74) is 0. The molecule has 1 aliphatic rings. The van der Waals surface area contributed by atoms with Crippen molar-refractivity contribution in [1.82, 2.24) is 0 Å². The molecule has 1 saturated carbocycles. The van der Waals surface area contributed by atoms with E-state index >= 15 is 0 Å². The topological polar surface area (TPSA) is 0 Å². The fraction of sp³-hybridized carbons (Fsp3) is 0.857. The van der Waals surface area contributed by atoms with Gasteiger partial charge in [0.05, 0.1) is 0 Å². The summed E-state index contributed by atoms with van der Waals surface area (Å²) < 4.78 is 0. The predicted molar refractivity (Wildman–Crippen MR) is 63.9 cm³/mol. The molecule has 1 aliphatic carbocycles. The predicted octanol–water partition coefficient (Wildman–Crippen LogP) is 4.80. The van der Waals surface area contributed by atoms with E-state index in [2.05, 4.69) is 20.3 Å². The van der Waals surface area contributed by atoms with E-state index in [-0.39, 0.29) is 0 Å². The Morgan fingerprint density at radius 2 is 2.00 bits per heavy atom. The quantitative estimate of drug-likeness (QED) is 0.533. The van der Waals surface area contributed by atoms with Crippen LogP contribution in [0, 0.1) is 25.2 Å². The van der Waals surface area contributed by atoms with Crippen LogP contribution < -0.4 is 0 Å². The third kappa shape index (κ3) is 4.02. The minimum Gasteiger partial charge on any atom is -0.0651 e. The van der Waals surface area contributed by atoms with Gasteiger partial charge in [-0.2, -0.15) is 0 Å². The highest BCUT2D eigenvalue weighted by Crippen LogP contribution is 2.33. The van der Waals surface area contributed by atoms with Gasteiger partial charge in [0.25, 0.3) is 0 Å². The molecule has 0 aromatic carbocycles. The highest BCUT2D eigenvalue weighted by atomic mass is 14.3. The Hall–Kier alpha value is 0. The molecule has 0 heterocycles. The van der Waals surface area contributed by atoms with Gasteiger partial charge >= 0.3 is 0 Å². The molecule has 0 aliphatic heterocycles. The first kappa shape index (κ1) is 12.1. The average molecular weight is 194 g/mol. The summed E-state index contributed by atoms with van der Waals surface area (Å²) >= 11 is 0. The molecule has 0 aromatic rings. The fourth-order valence-electron chi connectivity index (χ4n) is 2.73. The molecule has 0 nitrogen and oxygen atoms in total. The maximum Gasteiger partial charge on any atom is -0.0352 e. The van der Waals surface area contributed by atoms with Crippen molar-refractivity contribution in [3.05, 3.63) is 13.3 Å². The monoisotopic (exact) mass is 194 g/mol. The van der Waals surface area contributed by atoms with Crippen molar-refractivity contribution in [2.45, 2.75) is 64.7 Å². The summed E-state index contributed by atoms with van der Waals surface area (Å²) in [5.74, 6) is 1.92. The van der Waals surface area contributed by atoms with Crippen LogP contribution in [0.1, 0.15) is 64.7 Å². The second-order valence-corrected chi connectivity index (χ2v) is 4.70. The van der Waals surface area contributed by atoms with E-state index in [9.17, 15) is 0 Å². The molecule has 1 fully saturated rings. The molecule has 0 aromatic heterocycles. The Balaban J connectivity index is 2.21. The second kappa shape index (κ2) is 7.31. The summed E-state index contributed by atoms with van der Waals surface area (Å²) in [4.78, 5) is 0. The van der Waals surface area contributed by atoms with Gasteiger partial charge in [0, 0.05) is 0 Å². The van der Waals surface area contributed by atoms with E-state index in [0.29, 0.717) is 0 Å². The first-order valence-corrected chi connectivity index (χ1v) is 6.51. The van der Waals surface area contributed by atoms with Crippen LogP contribution in [0.2, 0.25) is 0 Å². The molecule has 82 valence electrons. The lowest BCUT2D eigenvalue weighted by Crippen LogP contribution is -2.17. The largest absolute Gasteiger partial charge is 0.0651 e. The minimum atomic E-state index is 0.904. The minimum absolute atomic E-state index is 0.904. The average Bonchev–Trinajstić information content (AvgIpc) is 2.26. The van der Waals surface area contributed by atoms with Gasteiger partial charge in [-0.15, -0.1) is 0 Å². The maximum atomic E-state index is 3.90. The molecule has 1 atom stereocenters. The SMILES string of the molecule is [CH2]CCC[CH]C(CC)C1CCCCC1. The molecule has 0 spiro atoms. The van der Waals surface area contributed by atoms with Gasteiger partial charge in [-0.1, -0.05) is 65.2 Å². The van der Waals surface area contributed by atoms with Crippen molar-refractivity contribution in [1.29, 1.82) is 0 Å². The molecule has 2 radical (unpaired) electrons. The number of unbranched alkanes of at least 4 members (excludes halogenated alkanes) is 2. The molecular formula is C14H26. The molecular weight excluding hydrogens is 168 g/mol. The van der Waals surface area contributed by atoms with Crippen LogP contribution in [-0.4, -0.2) is 0 Å². The van der Waals surface area contributed by atoms with Crippen LogP contribution >= 0.6 is 0 Å². The molecule has 0 heteroatoms. The van der Waals surface area contributed by atoms with Crippen LogP contribution in [0.5, 0.6) is 0 Å². The summed E-state index contributed by atoms with van der Waals surface area (Å²) in [6.07, 6.45) is 15.0. The second-order valence-electron chi connectivity index (χ2n) is 4.70. The normalized spacial score (nSPS) is 21.0. The molecule has 1 unspecified atom stereocenters. The van der Waals surface area contributed by atoms with Crippen LogP contribution in [-0.2, 0) is 0 Å². The summed E-state index contributed by atoms with van der Waals surface area (Å²) in [6.45, 7) is 6.25. The number of hydrogen-bond acceptors (Lipinski definition) is 0. The smallest absolute Gasteiger partial charge is 0.0352 e. The zero-order valence-electron chi connectivity index (χ0n) is 9.80. The fourth-order valence-corrected chi connectivity index (χ4v) is 2.73. The summed E-state index contributed by atoms with van der Waals surface area (Å²) in [6, 6.07) is 0. The van der Waals surface area contributed by atoms with Gasteiger partial charge in [-0.05, 0) is 24.7 Å². The third-order valence-electron chi connectivity index (χ3n) is 3.65. The molecule has 0 saturated heterocycles. The number of hydrogen-bond donors (Lipinski definition) is 0. The van der Waals surface area contributed by atoms with Crippen molar-refractivity contribution in [2.75, 3.05) is 0 Å². The summed E-state index contributed by atoms with van der Waals surface area (Å²) in [5, 5.41) is 0. The maximum absolute atomic E-state index is 3.90. The zero-order chi connectivity index (χ0) is 10.2. The van der Waals surface area contributed by atoms with Crippen LogP contribution in [0.3, 0.4) is 0 Å². The summed E-state index contributed by atoms with van der Waals surface area (Å²) in [7, 11) is 0. The standard InChI is InChI=1S/C14H26/c1-3-5-7-10-13(4-2)14-11-8-6-9-12-14/h10,13-14H,1,3-9,11-12H2,2H3. The van der Waals surface area contributed by atoms with Gasteiger partial charge < -0.3 is 0 Å². The van der Waals surface area contributed by atoms with Gasteiger partial charge in [0.2, 0.25) is 0 Å².